The Balaban J connectivity index is 1.37. The highest BCUT2D eigenvalue weighted by molar-refractivity contribution is 7.10. The van der Waals surface area contributed by atoms with Gasteiger partial charge in [0, 0.05) is 43.8 Å². The molecule has 0 aliphatic carbocycles. The van der Waals surface area contributed by atoms with Gasteiger partial charge < -0.3 is 9.80 Å². The number of hydrogen-bond donors (Lipinski definition) is 0. The van der Waals surface area contributed by atoms with Gasteiger partial charge in [0.2, 0.25) is 5.91 Å². The van der Waals surface area contributed by atoms with Crippen LogP contribution in [-0.4, -0.2) is 56.6 Å². The maximum atomic E-state index is 12.6. The Morgan fingerprint density at radius 2 is 2.21 bits per heavy atom. The molecule has 2 saturated heterocycles. The number of aromatic nitrogens is 2. The van der Waals surface area contributed by atoms with Crippen LogP contribution in [-0.2, 0) is 11.8 Å². The summed E-state index contributed by atoms with van der Waals surface area (Å²) in [5.74, 6) is 0.0188. The van der Waals surface area contributed by atoms with Crippen LogP contribution in [0.15, 0.2) is 36.0 Å². The van der Waals surface area contributed by atoms with Gasteiger partial charge in [-0.3, -0.25) is 14.3 Å². The summed E-state index contributed by atoms with van der Waals surface area (Å²) in [6.07, 6.45) is 7.75. The zero-order valence-corrected chi connectivity index (χ0v) is 14.2. The summed E-state index contributed by atoms with van der Waals surface area (Å²) >= 11 is 1.60. The van der Waals surface area contributed by atoms with E-state index >= 15 is 0 Å². The van der Waals surface area contributed by atoms with E-state index in [1.54, 1.807) is 46.4 Å². The zero-order valence-electron chi connectivity index (χ0n) is 13.4. The molecular formula is C17H18N4O2S. The Hall–Kier alpha value is -2.41. The fourth-order valence-corrected chi connectivity index (χ4v) is 3.96. The van der Waals surface area contributed by atoms with Crippen molar-refractivity contribution < 1.29 is 9.59 Å². The second-order valence-corrected chi connectivity index (χ2v) is 7.36. The van der Waals surface area contributed by atoms with E-state index in [1.165, 1.54) is 0 Å². The number of amides is 2. The molecule has 4 heterocycles. The summed E-state index contributed by atoms with van der Waals surface area (Å²) in [5.41, 5.74) is 0.443. The van der Waals surface area contributed by atoms with Gasteiger partial charge in [0.05, 0.1) is 17.3 Å². The largest absolute Gasteiger partial charge is 0.334 e. The lowest BCUT2D eigenvalue weighted by Crippen LogP contribution is -2.78. The highest BCUT2D eigenvalue weighted by atomic mass is 32.1. The molecule has 0 N–H and O–H groups in total. The average Bonchev–Trinajstić information content (AvgIpc) is 3.14. The average molecular weight is 342 g/mol. The number of thiophene rings is 1. The van der Waals surface area contributed by atoms with Crippen LogP contribution < -0.4 is 0 Å². The van der Waals surface area contributed by atoms with Crippen molar-refractivity contribution in [3.63, 3.8) is 0 Å². The maximum Gasteiger partial charge on any atom is 0.257 e. The highest BCUT2D eigenvalue weighted by Gasteiger charge is 2.56. The van der Waals surface area contributed by atoms with Crippen LogP contribution in [0.25, 0.3) is 6.08 Å². The first-order chi connectivity index (χ1) is 11.6. The van der Waals surface area contributed by atoms with Gasteiger partial charge in [-0.15, -0.1) is 11.3 Å². The molecule has 2 aromatic heterocycles. The van der Waals surface area contributed by atoms with Crippen LogP contribution in [0.2, 0.25) is 0 Å². The molecule has 2 aromatic rings. The van der Waals surface area contributed by atoms with Crippen molar-refractivity contribution in [3.05, 3.63) is 46.4 Å². The van der Waals surface area contributed by atoms with Crippen LogP contribution >= 0.6 is 11.3 Å². The molecule has 0 aromatic carbocycles. The SMILES string of the molecule is Cn1cc(C(=O)N2CCC23CN(C(=O)/C=C/c2cccs2)C3)cn1. The van der Waals surface area contributed by atoms with E-state index in [0.29, 0.717) is 18.7 Å². The summed E-state index contributed by atoms with van der Waals surface area (Å²) < 4.78 is 1.63. The number of carbonyl (C=O) groups is 2. The lowest BCUT2D eigenvalue weighted by molar-refractivity contribution is -0.148. The maximum absolute atomic E-state index is 12.6. The molecular weight excluding hydrogens is 324 g/mol. The minimum atomic E-state index is -0.167. The van der Waals surface area contributed by atoms with Gasteiger partial charge in [-0.25, -0.2) is 0 Å². The van der Waals surface area contributed by atoms with Crippen molar-refractivity contribution in [1.82, 2.24) is 19.6 Å². The number of nitrogens with zero attached hydrogens (tertiary/aromatic N) is 4. The molecule has 0 radical (unpaired) electrons. The molecule has 1 spiro atoms. The van der Waals surface area contributed by atoms with Crippen LogP contribution in [0.3, 0.4) is 0 Å². The van der Waals surface area contributed by atoms with E-state index in [-0.39, 0.29) is 17.4 Å². The molecule has 0 atom stereocenters. The highest BCUT2D eigenvalue weighted by Crippen LogP contribution is 2.40. The molecule has 4 rings (SSSR count). The quantitative estimate of drug-likeness (QED) is 0.797. The third-order valence-corrected chi connectivity index (χ3v) is 5.62. The third kappa shape index (κ3) is 2.45. The minimum Gasteiger partial charge on any atom is -0.334 e. The summed E-state index contributed by atoms with van der Waals surface area (Å²) in [5, 5.41) is 6.04. The van der Waals surface area contributed by atoms with Gasteiger partial charge in [-0.05, 0) is 23.9 Å². The van der Waals surface area contributed by atoms with E-state index in [0.717, 1.165) is 17.8 Å². The zero-order chi connectivity index (χ0) is 16.7. The van der Waals surface area contributed by atoms with Crippen LogP contribution in [0.1, 0.15) is 21.7 Å². The molecule has 2 aliphatic heterocycles. The summed E-state index contributed by atoms with van der Waals surface area (Å²) in [7, 11) is 1.80. The third-order valence-electron chi connectivity index (χ3n) is 4.79. The van der Waals surface area contributed by atoms with Gasteiger partial charge in [-0.1, -0.05) is 6.07 Å². The van der Waals surface area contributed by atoms with Crippen molar-refractivity contribution in [3.8, 4) is 0 Å². The Kier molecular flexibility index (Phi) is 3.53. The molecule has 2 fully saturated rings. The van der Waals surface area contributed by atoms with Gasteiger partial charge in [0.25, 0.3) is 5.91 Å². The van der Waals surface area contributed by atoms with Crippen LogP contribution in [0, 0.1) is 0 Å². The predicted molar refractivity (Wildman–Crippen MR) is 91.5 cm³/mol. The number of carbonyl (C=O) groups excluding carboxylic acids is 2. The first kappa shape index (κ1) is 15.1. The first-order valence-corrected chi connectivity index (χ1v) is 8.76. The first-order valence-electron chi connectivity index (χ1n) is 7.89. The summed E-state index contributed by atoms with van der Waals surface area (Å²) in [4.78, 5) is 29.5. The molecule has 24 heavy (non-hydrogen) atoms. The molecule has 0 bridgehead atoms. The van der Waals surface area contributed by atoms with Crippen molar-refractivity contribution in [1.29, 1.82) is 0 Å². The Labute approximate surface area is 144 Å². The normalized spacial score (nSPS) is 18.7. The molecule has 2 aliphatic rings. The fourth-order valence-electron chi connectivity index (χ4n) is 3.34. The molecule has 7 heteroatoms. The van der Waals surface area contributed by atoms with E-state index in [1.807, 2.05) is 28.5 Å². The van der Waals surface area contributed by atoms with E-state index in [2.05, 4.69) is 5.10 Å². The molecule has 0 unspecified atom stereocenters. The number of rotatable bonds is 3. The van der Waals surface area contributed by atoms with Crippen LogP contribution in [0.4, 0.5) is 0 Å². The van der Waals surface area contributed by atoms with E-state index in [4.69, 9.17) is 0 Å². The fraction of sp³-hybridized carbons (Fsp3) is 0.353. The molecule has 124 valence electrons. The van der Waals surface area contributed by atoms with E-state index in [9.17, 15) is 9.59 Å². The molecule has 2 amide bonds. The lowest BCUT2D eigenvalue weighted by atomic mass is 9.77. The van der Waals surface area contributed by atoms with Gasteiger partial charge >= 0.3 is 0 Å². The van der Waals surface area contributed by atoms with Crippen LogP contribution in [0.5, 0.6) is 0 Å². The Morgan fingerprint density at radius 3 is 2.79 bits per heavy atom. The number of likely N-dealkylation sites (tertiary alicyclic amines) is 2. The lowest BCUT2D eigenvalue weighted by Gasteiger charge is -2.62. The van der Waals surface area contributed by atoms with E-state index < -0.39 is 0 Å². The summed E-state index contributed by atoms with van der Waals surface area (Å²) in [6, 6.07) is 3.94. The van der Waals surface area contributed by atoms with Gasteiger partial charge in [-0.2, -0.15) is 5.10 Å². The van der Waals surface area contributed by atoms with Gasteiger partial charge in [0.1, 0.15) is 0 Å². The van der Waals surface area contributed by atoms with Gasteiger partial charge in [0.15, 0.2) is 0 Å². The Morgan fingerprint density at radius 1 is 1.38 bits per heavy atom. The Bertz CT molecular complexity index is 802. The van der Waals surface area contributed by atoms with Crippen molar-refractivity contribution in [2.75, 3.05) is 19.6 Å². The second-order valence-electron chi connectivity index (χ2n) is 6.38. The van der Waals surface area contributed by atoms with Crippen molar-refractivity contribution in [2.45, 2.75) is 12.0 Å². The smallest absolute Gasteiger partial charge is 0.257 e. The minimum absolute atomic E-state index is 0.00898. The standard InChI is InChI=1S/C17H18N4O2S/c1-19-10-13(9-18-19)16(23)21-7-6-17(21)11-20(12-17)15(22)5-4-14-3-2-8-24-14/h2-5,8-10H,6-7,11-12H2,1H3/b5-4+. The van der Waals surface area contributed by atoms with Crippen molar-refractivity contribution >= 4 is 29.2 Å². The number of aryl methyl sites for hydroxylation is 1. The molecule has 0 saturated carbocycles. The van der Waals surface area contributed by atoms with Crippen molar-refractivity contribution in [2.24, 2.45) is 7.05 Å². The number of hydrogen-bond acceptors (Lipinski definition) is 4. The predicted octanol–water partition coefficient (Wildman–Crippen LogP) is 1.62. The topological polar surface area (TPSA) is 58.4 Å². The summed E-state index contributed by atoms with van der Waals surface area (Å²) in [6.45, 7) is 1.99. The monoisotopic (exact) mass is 342 g/mol. The second kappa shape index (κ2) is 5.59. The molecule has 6 nitrogen and oxygen atoms in total.